The number of hydrogen-bond donors (Lipinski definition) is 1. The van der Waals surface area contributed by atoms with E-state index in [0.29, 0.717) is 27.7 Å². The van der Waals surface area contributed by atoms with Crippen LogP contribution in [0.3, 0.4) is 0 Å². The van der Waals surface area contributed by atoms with Gasteiger partial charge in [0.05, 0.1) is 5.69 Å². The van der Waals surface area contributed by atoms with Crippen molar-refractivity contribution in [1.29, 1.82) is 0 Å². The summed E-state index contributed by atoms with van der Waals surface area (Å²) in [5.74, 6) is -0.145. The molecule has 0 saturated heterocycles. The molecule has 1 N–H and O–H groups in total. The van der Waals surface area contributed by atoms with Gasteiger partial charge in [0.1, 0.15) is 18.2 Å². The standard InChI is InChI=1S/C19H15FN2O3S/c1-12(23)21-19-22-16(11-26-19)10-25-17-8-4-14(5-9-17)18(24)13-2-6-15(20)7-3-13/h2-9,11H,10H2,1H3,(H,21,22,23). The molecule has 7 heteroatoms. The Hall–Kier alpha value is -3.06. The minimum atomic E-state index is -0.381. The van der Waals surface area contributed by atoms with Gasteiger partial charge in [-0.3, -0.25) is 9.59 Å². The molecule has 0 bridgehead atoms. The Kier molecular flexibility index (Phi) is 5.38. The maximum Gasteiger partial charge on any atom is 0.223 e. The van der Waals surface area contributed by atoms with Crippen molar-refractivity contribution in [2.24, 2.45) is 0 Å². The van der Waals surface area contributed by atoms with Crippen molar-refractivity contribution < 1.29 is 18.7 Å². The molecule has 3 aromatic rings. The van der Waals surface area contributed by atoms with Crippen molar-refractivity contribution in [1.82, 2.24) is 4.98 Å². The molecular formula is C19H15FN2O3S. The van der Waals surface area contributed by atoms with Crippen molar-refractivity contribution in [3.05, 3.63) is 76.5 Å². The van der Waals surface area contributed by atoms with Gasteiger partial charge in [0.25, 0.3) is 0 Å². The first kappa shape index (κ1) is 17.8. The topological polar surface area (TPSA) is 68.3 Å². The third-order valence-electron chi connectivity index (χ3n) is 3.44. The number of benzene rings is 2. The first-order chi connectivity index (χ1) is 12.5. The Labute approximate surface area is 153 Å². The molecule has 0 saturated carbocycles. The second kappa shape index (κ2) is 7.88. The molecule has 0 unspecified atom stereocenters. The molecule has 132 valence electrons. The molecule has 0 atom stereocenters. The summed E-state index contributed by atoms with van der Waals surface area (Å²) in [4.78, 5) is 27.6. The lowest BCUT2D eigenvalue weighted by Crippen LogP contribution is -2.05. The van der Waals surface area contributed by atoms with Crippen molar-refractivity contribution in [2.45, 2.75) is 13.5 Å². The molecule has 26 heavy (non-hydrogen) atoms. The van der Waals surface area contributed by atoms with Gasteiger partial charge in [-0.1, -0.05) is 0 Å². The molecule has 3 rings (SSSR count). The van der Waals surface area contributed by atoms with Crippen molar-refractivity contribution in [3.63, 3.8) is 0 Å². The lowest BCUT2D eigenvalue weighted by Gasteiger charge is -2.06. The highest BCUT2D eigenvalue weighted by atomic mass is 32.1. The average molecular weight is 370 g/mol. The zero-order chi connectivity index (χ0) is 18.5. The summed E-state index contributed by atoms with van der Waals surface area (Å²) in [6.45, 7) is 1.67. The zero-order valence-electron chi connectivity index (χ0n) is 13.9. The Balaban J connectivity index is 1.60. The first-order valence-electron chi connectivity index (χ1n) is 7.76. The Bertz CT molecular complexity index is 921. The van der Waals surface area contributed by atoms with Crippen LogP contribution in [0.5, 0.6) is 5.75 Å². The van der Waals surface area contributed by atoms with Crippen LogP contribution in [0.2, 0.25) is 0 Å². The van der Waals surface area contributed by atoms with E-state index in [1.807, 2.05) is 0 Å². The molecular weight excluding hydrogens is 355 g/mol. The molecule has 1 amide bonds. The Morgan fingerprint density at radius 3 is 2.31 bits per heavy atom. The maximum atomic E-state index is 12.9. The number of thiazole rings is 1. The fourth-order valence-electron chi connectivity index (χ4n) is 2.21. The Morgan fingerprint density at radius 2 is 1.69 bits per heavy atom. The van der Waals surface area contributed by atoms with E-state index in [0.717, 1.165) is 0 Å². The third kappa shape index (κ3) is 4.52. The van der Waals surface area contributed by atoms with Crippen molar-refractivity contribution in [3.8, 4) is 5.75 Å². The summed E-state index contributed by atoms with van der Waals surface area (Å²) in [6, 6.07) is 12.1. The fourth-order valence-corrected chi connectivity index (χ4v) is 2.95. The van der Waals surface area contributed by atoms with E-state index in [2.05, 4.69) is 10.3 Å². The van der Waals surface area contributed by atoms with Crippen LogP contribution in [-0.4, -0.2) is 16.7 Å². The first-order valence-corrected chi connectivity index (χ1v) is 8.64. The molecule has 5 nitrogen and oxygen atoms in total. The van der Waals surface area contributed by atoms with E-state index in [-0.39, 0.29) is 24.1 Å². The lowest BCUT2D eigenvalue weighted by molar-refractivity contribution is -0.114. The number of ether oxygens (including phenoxy) is 1. The van der Waals surface area contributed by atoms with Gasteiger partial charge in [-0.25, -0.2) is 9.37 Å². The molecule has 1 heterocycles. The van der Waals surface area contributed by atoms with Gasteiger partial charge < -0.3 is 10.1 Å². The average Bonchev–Trinajstić information content (AvgIpc) is 3.07. The maximum absolute atomic E-state index is 12.9. The third-order valence-corrected chi connectivity index (χ3v) is 4.25. The van der Waals surface area contributed by atoms with Gasteiger partial charge >= 0.3 is 0 Å². The molecule has 0 aliphatic heterocycles. The van der Waals surface area contributed by atoms with E-state index in [1.54, 1.807) is 29.6 Å². The van der Waals surface area contributed by atoms with Gasteiger partial charge in [-0.2, -0.15) is 0 Å². The predicted octanol–water partition coefficient (Wildman–Crippen LogP) is 4.05. The van der Waals surface area contributed by atoms with Gasteiger partial charge in [-0.15, -0.1) is 11.3 Å². The summed E-state index contributed by atoms with van der Waals surface area (Å²) in [7, 11) is 0. The largest absolute Gasteiger partial charge is 0.487 e. The van der Waals surface area contributed by atoms with E-state index in [1.165, 1.54) is 42.5 Å². The molecule has 0 aliphatic rings. The summed E-state index contributed by atoms with van der Waals surface area (Å²) in [5.41, 5.74) is 1.61. The number of ketones is 1. The molecule has 0 aliphatic carbocycles. The molecule has 0 spiro atoms. The van der Waals surface area contributed by atoms with Crippen LogP contribution < -0.4 is 10.1 Å². The lowest BCUT2D eigenvalue weighted by atomic mass is 10.0. The van der Waals surface area contributed by atoms with E-state index < -0.39 is 0 Å². The van der Waals surface area contributed by atoms with Crippen molar-refractivity contribution >= 4 is 28.2 Å². The molecule has 2 aromatic carbocycles. The molecule has 1 aromatic heterocycles. The molecule has 0 fully saturated rings. The van der Waals surface area contributed by atoms with Gasteiger partial charge in [0.2, 0.25) is 5.91 Å². The van der Waals surface area contributed by atoms with E-state index in [9.17, 15) is 14.0 Å². The van der Waals surface area contributed by atoms with Crippen LogP contribution in [0.15, 0.2) is 53.9 Å². The number of anilines is 1. The number of nitrogens with zero attached hydrogens (tertiary/aromatic N) is 1. The highest BCUT2D eigenvalue weighted by Gasteiger charge is 2.10. The number of rotatable bonds is 6. The van der Waals surface area contributed by atoms with Crippen LogP contribution >= 0.6 is 11.3 Å². The van der Waals surface area contributed by atoms with Crippen molar-refractivity contribution in [2.75, 3.05) is 5.32 Å². The number of hydrogen-bond acceptors (Lipinski definition) is 5. The number of carbonyl (C=O) groups excluding carboxylic acids is 2. The summed E-state index contributed by atoms with van der Waals surface area (Å²) in [5, 5.41) is 4.94. The number of halogens is 1. The van der Waals surface area contributed by atoms with Crippen LogP contribution in [0, 0.1) is 5.82 Å². The minimum Gasteiger partial charge on any atom is -0.487 e. The smallest absolute Gasteiger partial charge is 0.223 e. The quantitative estimate of drug-likeness (QED) is 0.665. The normalized spacial score (nSPS) is 10.4. The number of aromatic nitrogens is 1. The van der Waals surface area contributed by atoms with Crippen LogP contribution in [0.4, 0.5) is 9.52 Å². The Morgan fingerprint density at radius 1 is 1.08 bits per heavy atom. The van der Waals surface area contributed by atoms with Gasteiger partial charge in [0, 0.05) is 23.4 Å². The zero-order valence-corrected chi connectivity index (χ0v) is 14.7. The van der Waals surface area contributed by atoms with Gasteiger partial charge in [0.15, 0.2) is 10.9 Å². The second-order valence-corrected chi connectivity index (χ2v) is 6.33. The number of carbonyl (C=O) groups is 2. The van der Waals surface area contributed by atoms with E-state index >= 15 is 0 Å². The van der Waals surface area contributed by atoms with Crippen LogP contribution in [0.1, 0.15) is 28.5 Å². The summed E-state index contributed by atoms with van der Waals surface area (Å²) < 4.78 is 18.6. The summed E-state index contributed by atoms with van der Waals surface area (Å²) >= 11 is 1.32. The van der Waals surface area contributed by atoms with Crippen LogP contribution in [0.25, 0.3) is 0 Å². The van der Waals surface area contributed by atoms with Gasteiger partial charge in [-0.05, 0) is 48.5 Å². The highest BCUT2D eigenvalue weighted by Crippen LogP contribution is 2.19. The highest BCUT2D eigenvalue weighted by molar-refractivity contribution is 7.13. The fraction of sp³-hybridized carbons (Fsp3) is 0.105. The van der Waals surface area contributed by atoms with E-state index in [4.69, 9.17) is 4.74 Å². The van der Waals surface area contributed by atoms with Crippen LogP contribution in [-0.2, 0) is 11.4 Å². The molecule has 0 radical (unpaired) electrons. The monoisotopic (exact) mass is 370 g/mol. The number of nitrogens with one attached hydrogen (secondary N) is 1. The second-order valence-electron chi connectivity index (χ2n) is 5.47. The SMILES string of the molecule is CC(=O)Nc1nc(COc2ccc(C(=O)c3ccc(F)cc3)cc2)cs1. The minimum absolute atomic E-state index is 0.173. The predicted molar refractivity (Wildman–Crippen MR) is 97.0 cm³/mol. The number of amides is 1. The summed E-state index contributed by atoms with van der Waals surface area (Å²) in [6.07, 6.45) is 0.